The average Bonchev–Trinajstić information content (AvgIpc) is 2.54. The summed E-state index contributed by atoms with van der Waals surface area (Å²) < 4.78 is 25.9. The van der Waals surface area contributed by atoms with Gasteiger partial charge in [-0.25, -0.2) is 9.78 Å². The van der Waals surface area contributed by atoms with Crippen LogP contribution in [-0.4, -0.2) is 64.3 Å². The summed E-state index contributed by atoms with van der Waals surface area (Å²) >= 11 is 0. The van der Waals surface area contributed by atoms with E-state index in [1.807, 2.05) is 0 Å². The van der Waals surface area contributed by atoms with Gasteiger partial charge in [-0.15, -0.1) is 0 Å². The molecule has 1 rings (SSSR count). The zero-order chi connectivity index (χ0) is 16.0. The first-order valence-corrected chi connectivity index (χ1v) is 7.19. The number of aromatic nitrogens is 1. The lowest BCUT2D eigenvalue weighted by Crippen LogP contribution is -2.14. The van der Waals surface area contributed by atoms with Crippen molar-refractivity contribution in [3.63, 3.8) is 0 Å². The number of methoxy groups -OCH3 is 1. The molecule has 1 aromatic heterocycles. The Morgan fingerprint density at radius 3 is 2.45 bits per heavy atom. The van der Waals surface area contributed by atoms with Crippen LogP contribution in [0.1, 0.15) is 17.4 Å². The van der Waals surface area contributed by atoms with Gasteiger partial charge in [-0.3, -0.25) is 0 Å². The molecule has 0 saturated heterocycles. The van der Waals surface area contributed by atoms with E-state index in [9.17, 15) is 4.79 Å². The Morgan fingerprint density at radius 1 is 1.09 bits per heavy atom. The molecule has 7 heteroatoms. The van der Waals surface area contributed by atoms with Crippen molar-refractivity contribution in [3.05, 3.63) is 24.0 Å². The van der Waals surface area contributed by atoms with E-state index in [1.165, 1.54) is 6.20 Å². The minimum absolute atomic E-state index is 0.173. The van der Waals surface area contributed by atoms with Crippen LogP contribution in [0.2, 0.25) is 0 Å². The standard InChI is InChI=1S/C15H23NO6/c1-3-21-15(17)14-13(5-4-6-16-14)22-12-11-20-10-9-19-8-7-18-2/h4-6H,3,7-12H2,1-2H3. The molecule has 0 N–H and O–H groups in total. The molecule has 0 spiro atoms. The molecular weight excluding hydrogens is 290 g/mol. The van der Waals surface area contributed by atoms with Crippen LogP contribution < -0.4 is 4.74 Å². The van der Waals surface area contributed by atoms with Crippen molar-refractivity contribution in [2.45, 2.75) is 6.92 Å². The molecule has 7 nitrogen and oxygen atoms in total. The fourth-order valence-electron chi connectivity index (χ4n) is 1.53. The lowest BCUT2D eigenvalue weighted by molar-refractivity contribution is 0.0177. The smallest absolute Gasteiger partial charge is 0.360 e. The highest BCUT2D eigenvalue weighted by Gasteiger charge is 2.14. The number of nitrogens with zero attached hydrogens (tertiary/aromatic N) is 1. The van der Waals surface area contributed by atoms with Gasteiger partial charge in [-0.05, 0) is 19.1 Å². The van der Waals surface area contributed by atoms with E-state index in [1.54, 1.807) is 26.2 Å². The number of carbonyl (C=O) groups is 1. The van der Waals surface area contributed by atoms with E-state index in [4.69, 9.17) is 23.7 Å². The lowest BCUT2D eigenvalue weighted by atomic mass is 10.3. The molecule has 124 valence electrons. The third-order valence-electron chi connectivity index (χ3n) is 2.53. The van der Waals surface area contributed by atoms with E-state index in [0.717, 1.165) is 0 Å². The summed E-state index contributed by atoms with van der Waals surface area (Å²) in [6.45, 7) is 4.84. The third-order valence-corrected chi connectivity index (χ3v) is 2.53. The maximum atomic E-state index is 11.7. The largest absolute Gasteiger partial charge is 0.489 e. The Hall–Kier alpha value is -1.70. The Kier molecular flexibility index (Phi) is 9.93. The highest BCUT2D eigenvalue weighted by molar-refractivity contribution is 5.90. The SMILES string of the molecule is CCOC(=O)c1ncccc1OCCOCCOCCOC. The Morgan fingerprint density at radius 2 is 1.77 bits per heavy atom. The van der Waals surface area contributed by atoms with Crippen LogP contribution >= 0.6 is 0 Å². The molecule has 0 atom stereocenters. The van der Waals surface area contributed by atoms with Gasteiger partial charge in [0.15, 0.2) is 11.4 Å². The quantitative estimate of drug-likeness (QED) is 0.425. The van der Waals surface area contributed by atoms with Gasteiger partial charge in [0.25, 0.3) is 0 Å². The van der Waals surface area contributed by atoms with Crippen molar-refractivity contribution in [1.29, 1.82) is 0 Å². The number of esters is 1. The van der Waals surface area contributed by atoms with Crippen LogP contribution in [0.5, 0.6) is 5.75 Å². The molecule has 0 amide bonds. The fraction of sp³-hybridized carbons (Fsp3) is 0.600. The molecular formula is C15H23NO6. The van der Waals surface area contributed by atoms with Crippen LogP contribution in [0.25, 0.3) is 0 Å². The molecule has 0 aliphatic carbocycles. The highest BCUT2D eigenvalue weighted by Crippen LogP contribution is 2.16. The van der Waals surface area contributed by atoms with Gasteiger partial charge in [0.2, 0.25) is 0 Å². The van der Waals surface area contributed by atoms with Crippen LogP contribution in [0.15, 0.2) is 18.3 Å². The number of ether oxygens (including phenoxy) is 5. The minimum atomic E-state index is -0.495. The van der Waals surface area contributed by atoms with Crippen molar-refractivity contribution in [1.82, 2.24) is 4.98 Å². The summed E-state index contributed by atoms with van der Waals surface area (Å²) in [4.78, 5) is 15.7. The van der Waals surface area contributed by atoms with Crippen LogP contribution in [0.4, 0.5) is 0 Å². The number of hydrogen-bond donors (Lipinski definition) is 0. The third kappa shape index (κ3) is 7.35. The van der Waals surface area contributed by atoms with Crippen molar-refractivity contribution in [3.8, 4) is 5.75 Å². The van der Waals surface area contributed by atoms with Crippen molar-refractivity contribution in [2.24, 2.45) is 0 Å². The molecule has 0 radical (unpaired) electrons. The Bertz CT molecular complexity index is 426. The van der Waals surface area contributed by atoms with Gasteiger partial charge in [0.05, 0.1) is 39.6 Å². The first-order valence-electron chi connectivity index (χ1n) is 7.19. The summed E-state index contributed by atoms with van der Waals surface area (Å²) in [5, 5.41) is 0. The molecule has 0 aliphatic rings. The molecule has 0 fully saturated rings. The molecule has 22 heavy (non-hydrogen) atoms. The number of pyridine rings is 1. The van der Waals surface area contributed by atoms with E-state index in [-0.39, 0.29) is 5.69 Å². The second-order valence-corrected chi connectivity index (χ2v) is 4.14. The van der Waals surface area contributed by atoms with Crippen molar-refractivity contribution >= 4 is 5.97 Å². The Balaban J connectivity index is 2.21. The molecule has 0 saturated carbocycles. The van der Waals surface area contributed by atoms with Crippen LogP contribution in [0, 0.1) is 0 Å². The van der Waals surface area contributed by atoms with E-state index in [0.29, 0.717) is 52.0 Å². The van der Waals surface area contributed by atoms with Crippen molar-refractivity contribution < 1.29 is 28.5 Å². The topological polar surface area (TPSA) is 76.1 Å². The number of carbonyl (C=O) groups excluding carboxylic acids is 1. The average molecular weight is 313 g/mol. The van der Waals surface area contributed by atoms with Gasteiger partial charge in [0, 0.05) is 13.3 Å². The summed E-state index contributed by atoms with van der Waals surface area (Å²) in [5.41, 5.74) is 0.173. The zero-order valence-corrected chi connectivity index (χ0v) is 13.1. The van der Waals surface area contributed by atoms with Crippen LogP contribution in [-0.2, 0) is 18.9 Å². The summed E-state index contributed by atoms with van der Waals surface area (Å²) in [7, 11) is 1.63. The van der Waals surface area contributed by atoms with Gasteiger partial charge in [0.1, 0.15) is 6.61 Å². The normalized spacial score (nSPS) is 10.5. The number of rotatable bonds is 12. The maximum Gasteiger partial charge on any atom is 0.360 e. The molecule has 1 aromatic rings. The monoisotopic (exact) mass is 313 g/mol. The second-order valence-electron chi connectivity index (χ2n) is 4.14. The molecule has 0 bridgehead atoms. The van der Waals surface area contributed by atoms with Gasteiger partial charge < -0.3 is 23.7 Å². The van der Waals surface area contributed by atoms with Gasteiger partial charge in [-0.1, -0.05) is 0 Å². The van der Waals surface area contributed by atoms with E-state index >= 15 is 0 Å². The van der Waals surface area contributed by atoms with Gasteiger partial charge in [-0.2, -0.15) is 0 Å². The predicted octanol–water partition coefficient (Wildman–Crippen LogP) is 1.32. The summed E-state index contributed by atoms with van der Waals surface area (Å²) in [6, 6.07) is 3.37. The zero-order valence-electron chi connectivity index (χ0n) is 13.1. The second kappa shape index (κ2) is 11.9. The summed E-state index contributed by atoms with van der Waals surface area (Å²) in [6.07, 6.45) is 1.52. The Labute approximate surface area is 130 Å². The maximum absolute atomic E-state index is 11.7. The first kappa shape index (κ1) is 18.3. The van der Waals surface area contributed by atoms with E-state index in [2.05, 4.69) is 4.98 Å². The molecule has 0 aliphatic heterocycles. The summed E-state index contributed by atoms with van der Waals surface area (Å²) in [5.74, 6) is -0.105. The molecule has 1 heterocycles. The van der Waals surface area contributed by atoms with Gasteiger partial charge >= 0.3 is 5.97 Å². The highest BCUT2D eigenvalue weighted by atomic mass is 16.6. The van der Waals surface area contributed by atoms with Crippen molar-refractivity contribution in [2.75, 3.05) is 53.4 Å². The number of hydrogen-bond acceptors (Lipinski definition) is 7. The van der Waals surface area contributed by atoms with Crippen LogP contribution in [0.3, 0.4) is 0 Å². The predicted molar refractivity (Wildman–Crippen MR) is 79.2 cm³/mol. The lowest BCUT2D eigenvalue weighted by Gasteiger charge is -2.10. The first-order chi connectivity index (χ1) is 10.8. The fourth-order valence-corrected chi connectivity index (χ4v) is 1.53. The van der Waals surface area contributed by atoms with E-state index < -0.39 is 5.97 Å². The molecule has 0 unspecified atom stereocenters. The minimum Gasteiger partial charge on any atom is -0.489 e. The molecule has 0 aromatic carbocycles.